The summed E-state index contributed by atoms with van der Waals surface area (Å²) in [5, 5.41) is 2.92. The first kappa shape index (κ1) is 19.9. The van der Waals surface area contributed by atoms with Gasteiger partial charge in [0.2, 0.25) is 11.8 Å². The smallest absolute Gasteiger partial charge is 0.247 e. The minimum Gasteiger partial charge on any atom is -0.486 e. The van der Waals surface area contributed by atoms with E-state index >= 15 is 0 Å². The molecule has 1 atom stereocenters. The van der Waals surface area contributed by atoms with Crippen LogP contribution in [-0.2, 0) is 23.2 Å². The summed E-state index contributed by atoms with van der Waals surface area (Å²) in [4.78, 5) is 31.2. The number of nitrogens with one attached hydrogen (secondary N) is 1. The zero-order chi connectivity index (χ0) is 20.3. The lowest BCUT2D eigenvalue weighted by Gasteiger charge is -2.30. The molecule has 1 fully saturated rings. The Balaban J connectivity index is 1.58. The number of ether oxygens (including phenoxy) is 1. The van der Waals surface area contributed by atoms with E-state index in [1.165, 1.54) is 0 Å². The molecule has 2 heterocycles. The summed E-state index contributed by atoms with van der Waals surface area (Å²) in [5.74, 6) is 1.41. The van der Waals surface area contributed by atoms with Gasteiger partial charge in [0.15, 0.2) is 0 Å². The van der Waals surface area contributed by atoms with Gasteiger partial charge in [0, 0.05) is 37.1 Å². The SMILES string of the molecule is Cn1ccnc1COc1ccc(NC(=O)C2CCCN2C(=O)C(C)(C)C)cc1. The second-order valence-electron chi connectivity index (χ2n) is 8.16. The summed E-state index contributed by atoms with van der Waals surface area (Å²) in [6.45, 7) is 6.65. The summed E-state index contributed by atoms with van der Waals surface area (Å²) < 4.78 is 7.63. The second-order valence-corrected chi connectivity index (χ2v) is 8.16. The van der Waals surface area contributed by atoms with Gasteiger partial charge in [0.25, 0.3) is 0 Å². The number of rotatable bonds is 5. The van der Waals surface area contributed by atoms with Crippen molar-refractivity contribution in [2.24, 2.45) is 12.5 Å². The van der Waals surface area contributed by atoms with E-state index in [-0.39, 0.29) is 11.8 Å². The number of carbonyl (C=O) groups is 2. The minimum atomic E-state index is -0.491. The molecule has 2 amide bonds. The summed E-state index contributed by atoms with van der Waals surface area (Å²) in [7, 11) is 1.92. The lowest BCUT2D eigenvalue weighted by atomic mass is 9.94. The fourth-order valence-corrected chi connectivity index (χ4v) is 3.26. The van der Waals surface area contributed by atoms with Crippen molar-refractivity contribution in [3.05, 3.63) is 42.5 Å². The zero-order valence-electron chi connectivity index (χ0n) is 16.9. The van der Waals surface area contributed by atoms with Gasteiger partial charge >= 0.3 is 0 Å². The largest absolute Gasteiger partial charge is 0.486 e. The average Bonchev–Trinajstić information content (AvgIpc) is 3.28. The van der Waals surface area contributed by atoms with Crippen LogP contribution in [0.3, 0.4) is 0 Å². The van der Waals surface area contributed by atoms with Crippen LogP contribution >= 0.6 is 0 Å². The van der Waals surface area contributed by atoms with E-state index in [2.05, 4.69) is 10.3 Å². The van der Waals surface area contributed by atoms with E-state index in [1.54, 1.807) is 23.2 Å². The molecule has 7 heteroatoms. The van der Waals surface area contributed by atoms with Gasteiger partial charge < -0.3 is 19.5 Å². The maximum Gasteiger partial charge on any atom is 0.247 e. The first-order valence-corrected chi connectivity index (χ1v) is 9.57. The molecule has 1 aromatic carbocycles. The lowest BCUT2D eigenvalue weighted by Crippen LogP contribution is -2.47. The molecule has 1 aliphatic heterocycles. The van der Waals surface area contributed by atoms with Crippen LogP contribution in [0.1, 0.15) is 39.4 Å². The number of aromatic nitrogens is 2. The number of likely N-dealkylation sites (tertiary alicyclic amines) is 1. The molecule has 1 saturated heterocycles. The van der Waals surface area contributed by atoms with Gasteiger partial charge in [0.1, 0.15) is 24.2 Å². The predicted molar refractivity (Wildman–Crippen MR) is 107 cm³/mol. The fraction of sp³-hybridized carbons (Fsp3) is 0.476. The van der Waals surface area contributed by atoms with Crippen molar-refractivity contribution in [1.29, 1.82) is 0 Å². The van der Waals surface area contributed by atoms with Crippen LogP contribution in [0.2, 0.25) is 0 Å². The van der Waals surface area contributed by atoms with Gasteiger partial charge in [-0.1, -0.05) is 20.8 Å². The quantitative estimate of drug-likeness (QED) is 0.860. The highest BCUT2D eigenvalue weighted by Gasteiger charge is 2.38. The maximum atomic E-state index is 12.7. The maximum absolute atomic E-state index is 12.7. The molecule has 7 nitrogen and oxygen atoms in total. The average molecular weight is 384 g/mol. The van der Waals surface area contributed by atoms with Crippen LogP contribution in [0.15, 0.2) is 36.7 Å². The van der Waals surface area contributed by atoms with E-state index in [0.717, 1.165) is 12.2 Å². The van der Waals surface area contributed by atoms with E-state index in [9.17, 15) is 9.59 Å². The number of benzene rings is 1. The summed E-state index contributed by atoms with van der Waals surface area (Å²) in [5.41, 5.74) is 0.194. The van der Waals surface area contributed by atoms with Gasteiger partial charge in [-0.25, -0.2) is 4.98 Å². The van der Waals surface area contributed by atoms with E-state index in [4.69, 9.17) is 4.74 Å². The summed E-state index contributed by atoms with van der Waals surface area (Å²) in [6.07, 6.45) is 5.14. The molecule has 0 bridgehead atoms. The van der Waals surface area contributed by atoms with Crippen molar-refractivity contribution in [2.75, 3.05) is 11.9 Å². The van der Waals surface area contributed by atoms with Crippen molar-refractivity contribution >= 4 is 17.5 Å². The lowest BCUT2D eigenvalue weighted by molar-refractivity contribution is -0.143. The Hall–Kier alpha value is -2.83. The highest BCUT2D eigenvalue weighted by atomic mass is 16.5. The summed E-state index contributed by atoms with van der Waals surface area (Å²) in [6, 6.07) is 6.81. The first-order chi connectivity index (χ1) is 13.3. The molecule has 0 saturated carbocycles. The Morgan fingerprint density at radius 3 is 2.57 bits per heavy atom. The third kappa shape index (κ3) is 4.52. The molecule has 0 spiro atoms. The van der Waals surface area contributed by atoms with E-state index in [1.807, 2.05) is 50.7 Å². The second kappa shape index (κ2) is 8.04. The Kier molecular flexibility index (Phi) is 5.72. The van der Waals surface area contributed by atoms with Crippen LogP contribution in [0.25, 0.3) is 0 Å². The van der Waals surface area contributed by atoms with Gasteiger partial charge in [-0.2, -0.15) is 0 Å². The van der Waals surface area contributed by atoms with Crippen molar-refractivity contribution < 1.29 is 14.3 Å². The van der Waals surface area contributed by atoms with Gasteiger partial charge in [-0.3, -0.25) is 9.59 Å². The number of imidazole rings is 1. The Bertz CT molecular complexity index is 836. The zero-order valence-corrected chi connectivity index (χ0v) is 16.9. The van der Waals surface area contributed by atoms with Crippen molar-refractivity contribution in [2.45, 2.75) is 46.3 Å². The van der Waals surface area contributed by atoms with Crippen molar-refractivity contribution in [3.63, 3.8) is 0 Å². The van der Waals surface area contributed by atoms with Crippen LogP contribution in [0, 0.1) is 5.41 Å². The molecule has 0 aliphatic carbocycles. The van der Waals surface area contributed by atoms with Crippen LogP contribution < -0.4 is 10.1 Å². The number of carbonyl (C=O) groups excluding carboxylic acids is 2. The Morgan fingerprint density at radius 1 is 1.25 bits per heavy atom. The molecule has 150 valence electrons. The molecule has 2 aromatic rings. The molecular formula is C21H28N4O3. The van der Waals surface area contributed by atoms with Gasteiger partial charge in [0.05, 0.1) is 0 Å². The number of hydrogen-bond donors (Lipinski definition) is 1. The molecule has 28 heavy (non-hydrogen) atoms. The van der Waals surface area contributed by atoms with Gasteiger partial charge in [-0.05, 0) is 37.1 Å². The summed E-state index contributed by atoms with van der Waals surface area (Å²) >= 11 is 0. The number of anilines is 1. The molecule has 3 rings (SSSR count). The molecule has 1 aromatic heterocycles. The monoisotopic (exact) mass is 384 g/mol. The fourth-order valence-electron chi connectivity index (χ4n) is 3.26. The molecule has 1 N–H and O–H groups in total. The highest BCUT2D eigenvalue weighted by molar-refractivity contribution is 5.98. The minimum absolute atomic E-state index is 0.0168. The predicted octanol–water partition coefficient (Wildman–Crippen LogP) is 2.97. The highest BCUT2D eigenvalue weighted by Crippen LogP contribution is 2.26. The first-order valence-electron chi connectivity index (χ1n) is 9.57. The standard InChI is InChI=1S/C21H28N4O3/c1-21(2,3)20(27)25-12-5-6-17(25)19(26)23-15-7-9-16(10-8-15)28-14-18-22-11-13-24(18)4/h7-11,13,17H,5-6,12,14H2,1-4H3,(H,23,26). The van der Waals surface area contributed by atoms with Crippen LogP contribution in [-0.4, -0.2) is 38.9 Å². The van der Waals surface area contributed by atoms with Crippen molar-refractivity contribution in [3.8, 4) is 5.75 Å². The Labute approximate surface area is 165 Å². The number of hydrogen-bond acceptors (Lipinski definition) is 4. The third-order valence-electron chi connectivity index (χ3n) is 4.87. The normalized spacial score (nSPS) is 16.9. The topological polar surface area (TPSA) is 76.5 Å². The van der Waals surface area contributed by atoms with Crippen LogP contribution in [0.4, 0.5) is 5.69 Å². The molecule has 1 unspecified atom stereocenters. The van der Waals surface area contributed by atoms with Crippen LogP contribution in [0.5, 0.6) is 5.75 Å². The number of nitrogens with zero attached hydrogens (tertiary/aromatic N) is 3. The van der Waals surface area contributed by atoms with E-state index in [0.29, 0.717) is 31.0 Å². The van der Waals surface area contributed by atoms with Gasteiger partial charge in [-0.15, -0.1) is 0 Å². The van der Waals surface area contributed by atoms with E-state index < -0.39 is 11.5 Å². The molecule has 0 radical (unpaired) electrons. The number of amides is 2. The molecular weight excluding hydrogens is 356 g/mol. The number of aryl methyl sites for hydroxylation is 1. The van der Waals surface area contributed by atoms with Crippen molar-refractivity contribution in [1.82, 2.24) is 14.5 Å². The Morgan fingerprint density at radius 2 is 1.96 bits per heavy atom. The molecule has 1 aliphatic rings. The third-order valence-corrected chi connectivity index (χ3v) is 4.87.